The predicted octanol–water partition coefficient (Wildman–Crippen LogP) is 2.46. The molecular weight excluding hydrogens is 256 g/mol. The van der Waals surface area contributed by atoms with Crippen LogP contribution in [0.2, 0.25) is 0 Å². The summed E-state index contributed by atoms with van der Waals surface area (Å²) in [4.78, 5) is 11.4. The lowest BCUT2D eigenvalue weighted by Crippen LogP contribution is -2.32. The van der Waals surface area contributed by atoms with E-state index in [9.17, 15) is 9.90 Å². The molecule has 1 saturated heterocycles. The summed E-state index contributed by atoms with van der Waals surface area (Å²) in [5.74, 6) is 0.291. The van der Waals surface area contributed by atoms with Crippen LogP contribution in [0.5, 0.6) is 0 Å². The quantitative estimate of drug-likeness (QED) is 0.862. The third kappa shape index (κ3) is 2.86. The van der Waals surface area contributed by atoms with Crippen LogP contribution < -0.4 is 0 Å². The van der Waals surface area contributed by atoms with Crippen LogP contribution >= 0.6 is 0 Å². The predicted molar refractivity (Wildman–Crippen MR) is 73.4 cm³/mol. The molecule has 1 saturated carbocycles. The molecule has 0 radical (unpaired) electrons. The molecule has 1 aliphatic heterocycles. The third-order valence-corrected chi connectivity index (χ3v) is 4.18. The first kappa shape index (κ1) is 13.6. The molecule has 0 bridgehead atoms. The van der Waals surface area contributed by atoms with E-state index in [4.69, 9.17) is 4.74 Å². The standard InChI is InChI=1S/C16H20O4/c1-19-16(18)12-6-4-11(5-7-12)15-9-13(17)8-14(20-15)10-2-3-10/h4-7,10,13-15,17H,2-3,8-9H2,1H3/t13?,14-,15+/m0/s1. The van der Waals surface area contributed by atoms with E-state index in [0.29, 0.717) is 17.9 Å². The zero-order chi connectivity index (χ0) is 14.1. The van der Waals surface area contributed by atoms with Gasteiger partial charge in [-0.15, -0.1) is 0 Å². The van der Waals surface area contributed by atoms with Crippen LogP contribution in [0.4, 0.5) is 0 Å². The fraction of sp³-hybridized carbons (Fsp3) is 0.562. The maximum Gasteiger partial charge on any atom is 0.337 e. The summed E-state index contributed by atoms with van der Waals surface area (Å²) in [6.45, 7) is 0. The Morgan fingerprint density at radius 1 is 1.25 bits per heavy atom. The molecule has 1 heterocycles. The van der Waals surface area contributed by atoms with Crippen molar-refractivity contribution in [2.24, 2.45) is 5.92 Å². The number of hydrogen-bond acceptors (Lipinski definition) is 4. The molecule has 4 heteroatoms. The Bertz CT molecular complexity index is 478. The zero-order valence-corrected chi connectivity index (χ0v) is 11.6. The van der Waals surface area contributed by atoms with Gasteiger partial charge in [-0.05, 0) is 42.9 Å². The molecule has 3 atom stereocenters. The number of aliphatic hydroxyl groups is 1. The molecule has 4 nitrogen and oxygen atoms in total. The minimum atomic E-state index is -0.336. The number of rotatable bonds is 3. The van der Waals surface area contributed by atoms with Crippen LogP contribution in [0.3, 0.4) is 0 Å². The molecule has 1 N–H and O–H groups in total. The molecule has 0 spiro atoms. The molecule has 0 amide bonds. The molecule has 20 heavy (non-hydrogen) atoms. The minimum Gasteiger partial charge on any atom is -0.465 e. The molecular formula is C16H20O4. The average Bonchev–Trinajstić information content (AvgIpc) is 3.30. The molecule has 2 fully saturated rings. The van der Waals surface area contributed by atoms with Gasteiger partial charge >= 0.3 is 5.97 Å². The summed E-state index contributed by atoms with van der Waals surface area (Å²) in [6, 6.07) is 7.27. The number of ether oxygens (including phenoxy) is 2. The topological polar surface area (TPSA) is 55.8 Å². The molecule has 2 aliphatic rings. The maximum atomic E-state index is 11.4. The Balaban J connectivity index is 1.72. The Morgan fingerprint density at radius 2 is 1.95 bits per heavy atom. The SMILES string of the molecule is COC(=O)c1ccc([C@H]2CC(O)C[C@@H](C3CC3)O2)cc1. The van der Waals surface area contributed by atoms with Crippen LogP contribution in [0.1, 0.15) is 47.7 Å². The minimum absolute atomic E-state index is 0.0731. The first-order valence-electron chi connectivity index (χ1n) is 7.19. The summed E-state index contributed by atoms with van der Waals surface area (Å²) in [6.07, 6.45) is 3.62. The second-order valence-electron chi connectivity index (χ2n) is 5.74. The van der Waals surface area contributed by atoms with Gasteiger partial charge in [0.2, 0.25) is 0 Å². The van der Waals surface area contributed by atoms with Gasteiger partial charge in [-0.25, -0.2) is 4.79 Å². The highest BCUT2D eigenvalue weighted by Crippen LogP contribution is 2.42. The van der Waals surface area contributed by atoms with Crippen LogP contribution in [0, 0.1) is 5.92 Å². The van der Waals surface area contributed by atoms with E-state index in [1.54, 1.807) is 12.1 Å². The van der Waals surface area contributed by atoms with Crippen LogP contribution in [0.15, 0.2) is 24.3 Å². The first-order valence-corrected chi connectivity index (χ1v) is 7.19. The van der Waals surface area contributed by atoms with Crippen molar-refractivity contribution < 1.29 is 19.4 Å². The van der Waals surface area contributed by atoms with E-state index in [2.05, 4.69) is 4.74 Å². The lowest BCUT2D eigenvalue weighted by atomic mass is 9.94. The maximum absolute atomic E-state index is 11.4. The number of aliphatic hydroxyl groups excluding tert-OH is 1. The second kappa shape index (κ2) is 5.54. The number of hydrogen-bond donors (Lipinski definition) is 1. The van der Waals surface area contributed by atoms with Crippen molar-refractivity contribution in [3.8, 4) is 0 Å². The fourth-order valence-corrected chi connectivity index (χ4v) is 2.87. The van der Waals surface area contributed by atoms with Gasteiger partial charge in [0.15, 0.2) is 0 Å². The lowest BCUT2D eigenvalue weighted by molar-refractivity contribution is -0.106. The number of carbonyl (C=O) groups is 1. The van der Waals surface area contributed by atoms with E-state index in [0.717, 1.165) is 12.0 Å². The highest BCUT2D eigenvalue weighted by molar-refractivity contribution is 5.89. The Kier molecular flexibility index (Phi) is 3.76. The van der Waals surface area contributed by atoms with Gasteiger partial charge in [0.1, 0.15) is 0 Å². The smallest absolute Gasteiger partial charge is 0.337 e. The molecule has 1 aromatic carbocycles. The van der Waals surface area contributed by atoms with Crippen LogP contribution in [0.25, 0.3) is 0 Å². The van der Waals surface area contributed by atoms with Gasteiger partial charge in [-0.3, -0.25) is 0 Å². The molecule has 1 aromatic rings. The van der Waals surface area contributed by atoms with Crippen molar-refractivity contribution in [2.75, 3.05) is 7.11 Å². The second-order valence-corrected chi connectivity index (χ2v) is 5.74. The normalized spacial score (nSPS) is 30.0. The van der Waals surface area contributed by atoms with E-state index >= 15 is 0 Å². The van der Waals surface area contributed by atoms with Crippen LogP contribution in [-0.2, 0) is 9.47 Å². The third-order valence-electron chi connectivity index (χ3n) is 4.18. The van der Waals surface area contributed by atoms with Gasteiger partial charge in [-0.1, -0.05) is 12.1 Å². The van der Waals surface area contributed by atoms with Crippen molar-refractivity contribution in [1.29, 1.82) is 0 Å². The molecule has 1 unspecified atom stereocenters. The monoisotopic (exact) mass is 276 g/mol. The summed E-state index contributed by atoms with van der Waals surface area (Å²) in [7, 11) is 1.37. The first-order chi connectivity index (χ1) is 9.67. The summed E-state index contributed by atoms with van der Waals surface area (Å²) >= 11 is 0. The fourth-order valence-electron chi connectivity index (χ4n) is 2.87. The van der Waals surface area contributed by atoms with Gasteiger partial charge in [0.05, 0.1) is 31.0 Å². The summed E-state index contributed by atoms with van der Waals surface area (Å²) in [5, 5.41) is 10.0. The van der Waals surface area contributed by atoms with Gasteiger partial charge in [-0.2, -0.15) is 0 Å². The number of carbonyl (C=O) groups excluding carboxylic acids is 1. The van der Waals surface area contributed by atoms with Crippen molar-refractivity contribution in [3.05, 3.63) is 35.4 Å². The van der Waals surface area contributed by atoms with E-state index in [1.807, 2.05) is 12.1 Å². The number of esters is 1. The van der Waals surface area contributed by atoms with E-state index in [-0.39, 0.29) is 24.3 Å². The molecule has 108 valence electrons. The van der Waals surface area contributed by atoms with Crippen molar-refractivity contribution in [3.63, 3.8) is 0 Å². The number of benzene rings is 1. The van der Waals surface area contributed by atoms with Crippen LogP contribution in [-0.4, -0.2) is 30.4 Å². The molecule has 3 rings (SSSR count). The van der Waals surface area contributed by atoms with Gasteiger partial charge < -0.3 is 14.6 Å². The molecule has 0 aromatic heterocycles. The zero-order valence-electron chi connectivity index (χ0n) is 11.6. The summed E-state index contributed by atoms with van der Waals surface area (Å²) in [5.41, 5.74) is 1.55. The van der Waals surface area contributed by atoms with Gasteiger partial charge in [0, 0.05) is 6.42 Å². The summed E-state index contributed by atoms with van der Waals surface area (Å²) < 4.78 is 10.8. The number of methoxy groups -OCH3 is 1. The molecule has 1 aliphatic carbocycles. The van der Waals surface area contributed by atoms with Crippen molar-refractivity contribution >= 4 is 5.97 Å². The van der Waals surface area contributed by atoms with E-state index < -0.39 is 0 Å². The van der Waals surface area contributed by atoms with Crippen molar-refractivity contribution in [1.82, 2.24) is 0 Å². The highest BCUT2D eigenvalue weighted by Gasteiger charge is 2.38. The van der Waals surface area contributed by atoms with E-state index in [1.165, 1.54) is 20.0 Å². The largest absolute Gasteiger partial charge is 0.465 e. The Labute approximate surface area is 118 Å². The lowest BCUT2D eigenvalue weighted by Gasteiger charge is -2.33. The van der Waals surface area contributed by atoms with Crippen molar-refractivity contribution in [2.45, 2.75) is 44.0 Å². The Morgan fingerprint density at radius 3 is 2.55 bits per heavy atom. The van der Waals surface area contributed by atoms with Gasteiger partial charge in [0.25, 0.3) is 0 Å². The Hall–Kier alpha value is -1.39. The average molecular weight is 276 g/mol. The highest BCUT2D eigenvalue weighted by atomic mass is 16.5.